The molecule has 2 unspecified atom stereocenters. The first kappa shape index (κ1) is 19.7. The van der Waals surface area contributed by atoms with Crippen LogP contribution in [0.15, 0.2) is 16.9 Å². The predicted octanol–water partition coefficient (Wildman–Crippen LogP) is 0.222. The molecule has 1 fully saturated rings. The first-order valence-electron chi connectivity index (χ1n) is 9.03. The van der Waals surface area contributed by atoms with Crippen LogP contribution in [0.2, 0.25) is 0 Å². The average molecular weight is 353 g/mol. The van der Waals surface area contributed by atoms with Crippen LogP contribution in [0, 0.1) is 5.92 Å². The first-order chi connectivity index (χ1) is 12.0. The van der Waals surface area contributed by atoms with Crippen LogP contribution in [0.25, 0.3) is 0 Å². The Hall–Kier alpha value is -1.64. The lowest BCUT2D eigenvalue weighted by molar-refractivity contribution is -0.134. The van der Waals surface area contributed by atoms with Crippen LogP contribution < -0.4 is 10.6 Å². The maximum Gasteiger partial charge on any atom is 0.253 e. The van der Waals surface area contributed by atoms with E-state index in [2.05, 4.69) is 29.6 Å². The fourth-order valence-corrected chi connectivity index (χ4v) is 3.21. The molecule has 0 spiro atoms. The molecule has 8 nitrogen and oxygen atoms in total. The van der Waals surface area contributed by atoms with E-state index in [1.54, 1.807) is 11.0 Å². The molecule has 0 aromatic rings. The Kier molecular flexibility index (Phi) is 7.22. The summed E-state index contributed by atoms with van der Waals surface area (Å²) in [6.07, 6.45) is 3.22. The molecule has 2 atom stereocenters. The van der Waals surface area contributed by atoms with Gasteiger partial charge in [0.05, 0.1) is 12.8 Å². The number of hydrazone groups is 1. The Bertz CT molecular complexity index is 520. The molecule has 2 aliphatic heterocycles. The minimum atomic E-state index is -0.319. The van der Waals surface area contributed by atoms with Gasteiger partial charge in [0.2, 0.25) is 0 Å². The van der Waals surface area contributed by atoms with Crippen molar-refractivity contribution in [1.82, 2.24) is 20.5 Å². The Balaban J connectivity index is 1.77. The van der Waals surface area contributed by atoms with Gasteiger partial charge in [-0.1, -0.05) is 13.8 Å². The van der Waals surface area contributed by atoms with Crippen molar-refractivity contribution in [3.63, 3.8) is 0 Å². The van der Waals surface area contributed by atoms with E-state index in [1.807, 2.05) is 11.9 Å². The third-order valence-corrected chi connectivity index (χ3v) is 4.56. The van der Waals surface area contributed by atoms with Gasteiger partial charge in [0, 0.05) is 13.1 Å². The lowest BCUT2D eigenvalue weighted by Gasteiger charge is -2.37. The molecule has 2 heterocycles. The number of fused-ring (bicyclic) bond motifs is 1. The fraction of sp³-hybridized carbons (Fsp3) is 0.765. The summed E-state index contributed by atoms with van der Waals surface area (Å²) in [7, 11) is 0. The summed E-state index contributed by atoms with van der Waals surface area (Å²) in [6, 6.07) is -0.198. The van der Waals surface area contributed by atoms with Crippen molar-refractivity contribution < 1.29 is 15.0 Å². The molecule has 0 radical (unpaired) electrons. The molecule has 1 saturated heterocycles. The summed E-state index contributed by atoms with van der Waals surface area (Å²) in [6.45, 7) is 8.63. The Morgan fingerprint density at radius 1 is 1.48 bits per heavy atom. The van der Waals surface area contributed by atoms with E-state index >= 15 is 0 Å². The Morgan fingerprint density at radius 2 is 2.24 bits per heavy atom. The van der Waals surface area contributed by atoms with Gasteiger partial charge in [0.25, 0.3) is 5.91 Å². The van der Waals surface area contributed by atoms with Crippen LogP contribution in [0.1, 0.15) is 33.6 Å². The van der Waals surface area contributed by atoms with Crippen molar-refractivity contribution >= 4 is 11.7 Å². The monoisotopic (exact) mass is 353 g/mol. The number of rotatable bonds is 9. The SMILES string of the molecule is CC1=NN2C(CNC2C(C)C)C(=O)N1CCCNCC/C=C(\O)CO. The zero-order chi connectivity index (χ0) is 18.4. The van der Waals surface area contributed by atoms with E-state index in [1.165, 1.54) is 0 Å². The summed E-state index contributed by atoms with van der Waals surface area (Å²) in [5.74, 6) is 1.27. The largest absolute Gasteiger partial charge is 0.510 e. The third kappa shape index (κ3) is 4.93. The number of hydrogen-bond acceptors (Lipinski definition) is 7. The second-order valence-electron chi connectivity index (χ2n) is 6.88. The Morgan fingerprint density at radius 3 is 2.92 bits per heavy atom. The number of hydrogen-bond donors (Lipinski definition) is 4. The number of amides is 1. The number of nitrogens with one attached hydrogen (secondary N) is 2. The average Bonchev–Trinajstić information content (AvgIpc) is 3.00. The molecular formula is C17H31N5O3. The summed E-state index contributed by atoms with van der Waals surface area (Å²) in [5.41, 5.74) is 0. The van der Waals surface area contributed by atoms with Gasteiger partial charge in [-0.2, -0.15) is 5.10 Å². The van der Waals surface area contributed by atoms with E-state index in [4.69, 9.17) is 10.2 Å². The molecule has 8 heteroatoms. The van der Waals surface area contributed by atoms with Crippen LogP contribution in [-0.4, -0.2) is 76.9 Å². The first-order valence-corrected chi connectivity index (χ1v) is 9.03. The molecule has 1 amide bonds. The highest BCUT2D eigenvalue weighted by Crippen LogP contribution is 2.24. The molecule has 142 valence electrons. The van der Waals surface area contributed by atoms with Gasteiger partial charge in [-0.25, -0.2) is 0 Å². The molecule has 4 N–H and O–H groups in total. The van der Waals surface area contributed by atoms with Crippen molar-refractivity contribution in [2.45, 2.75) is 45.8 Å². The molecule has 25 heavy (non-hydrogen) atoms. The standard InChI is InChI=1S/C17H31N5O3/c1-12(2)16-19-10-15-17(25)21(13(3)20-22(15)16)9-5-8-18-7-4-6-14(24)11-23/h6,12,15-16,18-19,23-24H,4-5,7-11H2,1-3H3/b14-6-. The van der Waals surface area contributed by atoms with Crippen LogP contribution >= 0.6 is 0 Å². The molecule has 0 aromatic heterocycles. The highest BCUT2D eigenvalue weighted by molar-refractivity contribution is 6.01. The third-order valence-electron chi connectivity index (χ3n) is 4.56. The van der Waals surface area contributed by atoms with Gasteiger partial charge < -0.3 is 15.5 Å². The number of carbonyl (C=O) groups excluding carboxylic acids is 1. The van der Waals surface area contributed by atoms with Gasteiger partial charge in [-0.05, 0) is 44.8 Å². The van der Waals surface area contributed by atoms with E-state index in [9.17, 15) is 4.79 Å². The second-order valence-corrected chi connectivity index (χ2v) is 6.88. The van der Waals surface area contributed by atoms with Crippen molar-refractivity contribution in [3.05, 3.63) is 11.8 Å². The van der Waals surface area contributed by atoms with E-state index < -0.39 is 0 Å². The lowest BCUT2D eigenvalue weighted by atomic mass is 10.1. The van der Waals surface area contributed by atoms with Gasteiger partial charge >= 0.3 is 0 Å². The molecule has 0 aromatic carbocycles. The minimum absolute atomic E-state index is 0.00183. The highest BCUT2D eigenvalue weighted by atomic mass is 16.3. The van der Waals surface area contributed by atoms with Crippen LogP contribution in [0.5, 0.6) is 0 Å². The Labute approximate surface area is 149 Å². The summed E-state index contributed by atoms with van der Waals surface area (Å²) in [5, 5.41) is 31.0. The summed E-state index contributed by atoms with van der Waals surface area (Å²) >= 11 is 0. The highest BCUT2D eigenvalue weighted by Gasteiger charge is 2.43. The smallest absolute Gasteiger partial charge is 0.253 e. The quantitative estimate of drug-likeness (QED) is 0.350. The molecule has 0 bridgehead atoms. The number of aliphatic hydroxyl groups is 2. The van der Waals surface area contributed by atoms with Crippen LogP contribution in [0.4, 0.5) is 0 Å². The van der Waals surface area contributed by atoms with Crippen molar-refractivity contribution in [3.8, 4) is 0 Å². The van der Waals surface area contributed by atoms with Crippen LogP contribution in [-0.2, 0) is 4.79 Å². The number of carbonyl (C=O) groups is 1. The van der Waals surface area contributed by atoms with Gasteiger partial charge in [-0.3, -0.25) is 20.0 Å². The number of aliphatic hydroxyl groups excluding tert-OH is 2. The number of nitrogens with zero attached hydrogens (tertiary/aromatic N) is 3. The lowest BCUT2D eigenvalue weighted by Crippen LogP contribution is -2.54. The van der Waals surface area contributed by atoms with Gasteiger partial charge in [0.1, 0.15) is 17.6 Å². The van der Waals surface area contributed by atoms with E-state index in [-0.39, 0.29) is 30.5 Å². The predicted molar refractivity (Wildman–Crippen MR) is 97.0 cm³/mol. The normalized spacial score (nSPS) is 24.1. The molecule has 0 saturated carbocycles. The van der Waals surface area contributed by atoms with Gasteiger partial charge in [0.15, 0.2) is 0 Å². The number of amidine groups is 1. The zero-order valence-electron chi connectivity index (χ0n) is 15.4. The maximum atomic E-state index is 12.7. The van der Waals surface area contributed by atoms with Crippen LogP contribution in [0.3, 0.4) is 0 Å². The minimum Gasteiger partial charge on any atom is -0.510 e. The van der Waals surface area contributed by atoms with E-state index in [0.717, 1.165) is 25.3 Å². The van der Waals surface area contributed by atoms with Crippen molar-refractivity contribution in [2.75, 3.05) is 32.8 Å². The summed E-state index contributed by atoms with van der Waals surface area (Å²) in [4.78, 5) is 14.5. The van der Waals surface area contributed by atoms with Gasteiger partial charge in [-0.15, -0.1) is 0 Å². The molecule has 0 aliphatic carbocycles. The van der Waals surface area contributed by atoms with Crippen molar-refractivity contribution in [2.24, 2.45) is 11.0 Å². The summed E-state index contributed by atoms with van der Waals surface area (Å²) < 4.78 is 0. The van der Waals surface area contributed by atoms with E-state index in [0.29, 0.717) is 25.4 Å². The maximum absolute atomic E-state index is 12.7. The second kappa shape index (κ2) is 9.17. The molecule has 2 rings (SSSR count). The molecular weight excluding hydrogens is 322 g/mol. The zero-order valence-corrected chi connectivity index (χ0v) is 15.4. The van der Waals surface area contributed by atoms with Crippen molar-refractivity contribution in [1.29, 1.82) is 0 Å². The molecule has 2 aliphatic rings. The topological polar surface area (TPSA) is 100 Å². The fourth-order valence-electron chi connectivity index (χ4n) is 3.21.